The molecule has 0 spiro atoms. The van der Waals surface area contributed by atoms with E-state index in [-0.39, 0.29) is 11.8 Å². The summed E-state index contributed by atoms with van der Waals surface area (Å²) >= 11 is 0. The van der Waals surface area contributed by atoms with Crippen molar-refractivity contribution in [1.29, 1.82) is 0 Å². The van der Waals surface area contributed by atoms with E-state index < -0.39 is 0 Å². The quantitative estimate of drug-likeness (QED) is 0.860. The van der Waals surface area contributed by atoms with Crippen molar-refractivity contribution in [3.63, 3.8) is 0 Å². The van der Waals surface area contributed by atoms with Gasteiger partial charge in [0.15, 0.2) is 0 Å². The van der Waals surface area contributed by atoms with E-state index in [2.05, 4.69) is 22.8 Å². The van der Waals surface area contributed by atoms with Crippen LogP contribution in [-0.2, 0) is 11.2 Å². The molecule has 0 bridgehead atoms. The molecule has 0 saturated heterocycles. The largest absolute Gasteiger partial charge is 0.355 e. The molecule has 4 nitrogen and oxygen atoms in total. The van der Waals surface area contributed by atoms with E-state index in [4.69, 9.17) is 0 Å². The lowest BCUT2D eigenvalue weighted by Gasteiger charge is -2.11. The molecule has 2 aromatic rings. The predicted octanol–water partition coefficient (Wildman–Crippen LogP) is 3.32. The van der Waals surface area contributed by atoms with Crippen LogP contribution in [0.5, 0.6) is 0 Å². The fourth-order valence-corrected chi connectivity index (χ4v) is 2.46. The number of hydrogen-bond donors (Lipinski definition) is 2. The maximum Gasteiger partial charge on any atom is 0.251 e. The third kappa shape index (κ3) is 4.68. The lowest BCUT2D eigenvalue weighted by atomic mass is 10.1. The number of rotatable bonds is 6. The third-order valence-electron chi connectivity index (χ3n) is 3.79. The van der Waals surface area contributed by atoms with Crippen molar-refractivity contribution in [1.82, 2.24) is 5.32 Å². The van der Waals surface area contributed by atoms with Gasteiger partial charge in [-0.1, -0.05) is 36.4 Å². The molecule has 2 amide bonds. The molecule has 0 radical (unpaired) electrons. The second-order valence-corrected chi connectivity index (χ2v) is 5.44. The summed E-state index contributed by atoms with van der Waals surface area (Å²) < 4.78 is 0. The van der Waals surface area contributed by atoms with E-state index in [0.717, 1.165) is 18.4 Å². The summed E-state index contributed by atoms with van der Waals surface area (Å²) in [6.45, 7) is 1.84. The van der Waals surface area contributed by atoms with Gasteiger partial charge < -0.3 is 10.6 Å². The second kappa shape index (κ2) is 8.13. The van der Waals surface area contributed by atoms with E-state index >= 15 is 0 Å². The van der Waals surface area contributed by atoms with Gasteiger partial charge in [0.1, 0.15) is 0 Å². The lowest BCUT2D eigenvalue weighted by Crippen LogP contribution is -2.20. The van der Waals surface area contributed by atoms with Gasteiger partial charge in [0, 0.05) is 24.7 Å². The van der Waals surface area contributed by atoms with Crippen LogP contribution in [0.15, 0.2) is 48.5 Å². The summed E-state index contributed by atoms with van der Waals surface area (Å²) in [5, 5.41) is 5.50. The Morgan fingerprint density at radius 2 is 1.74 bits per heavy atom. The van der Waals surface area contributed by atoms with E-state index in [1.165, 1.54) is 5.56 Å². The summed E-state index contributed by atoms with van der Waals surface area (Å²) in [4.78, 5) is 23.9. The highest BCUT2D eigenvalue weighted by Gasteiger charge is 2.11. The molecular weight excluding hydrogens is 288 g/mol. The van der Waals surface area contributed by atoms with Gasteiger partial charge in [-0.25, -0.2) is 0 Å². The fraction of sp³-hybridized carbons (Fsp3) is 0.263. The molecule has 0 aliphatic carbocycles. The van der Waals surface area contributed by atoms with Crippen LogP contribution in [-0.4, -0.2) is 18.9 Å². The zero-order valence-electron chi connectivity index (χ0n) is 13.6. The minimum Gasteiger partial charge on any atom is -0.355 e. The molecule has 2 aromatic carbocycles. The molecule has 0 aliphatic rings. The first-order chi connectivity index (χ1) is 11.1. The molecule has 23 heavy (non-hydrogen) atoms. The van der Waals surface area contributed by atoms with Crippen LogP contribution < -0.4 is 10.6 Å². The van der Waals surface area contributed by atoms with Crippen LogP contribution >= 0.6 is 0 Å². The molecule has 0 saturated carbocycles. The average Bonchev–Trinajstić information content (AvgIpc) is 2.57. The first-order valence-electron chi connectivity index (χ1n) is 7.77. The summed E-state index contributed by atoms with van der Waals surface area (Å²) in [7, 11) is 1.59. The zero-order valence-corrected chi connectivity index (χ0v) is 13.6. The van der Waals surface area contributed by atoms with Gasteiger partial charge in [0.05, 0.1) is 0 Å². The Bertz CT molecular complexity index is 681. The number of nitrogens with one attached hydrogen (secondary N) is 2. The Balaban J connectivity index is 1.91. The Labute approximate surface area is 136 Å². The van der Waals surface area contributed by atoms with E-state index in [0.29, 0.717) is 17.7 Å². The molecule has 2 rings (SSSR count). The maximum absolute atomic E-state index is 12.1. The van der Waals surface area contributed by atoms with Crippen molar-refractivity contribution < 1.29 is 9.59 Å². The standard InChI is InChI=1S/C19H22N2O2/c1-14-16(19(23)20-2)11-7-12-17(14)21-18(22)13-6-10-15-8-4-3-5-9-15/h3-5,7-9,11-12H,6,10,13H2,1-2H3,(H,20,23)(H,21,22). The van der Waals surface area contributed by atoms with Gasteiger partial charge in [-0.05, 0) is 43.0 Å². The van der Waals surface area contributed by atoms with E-state index in [1.807, 2.05) is 31.2 Å². The normalized spacial score (nSPS) is 10.2. The maximum atomic E-state index is 12.1. The molecular formula is C19H22N2O2. The van der Waals surface area contributed by atoms with Crippen LogP contribution in [0.2, 0.25) is 0 Å². The lowest BCUT2D eigenvalue weighted by molar-refractivity contribution is -0.116. The highest BCUT2D eigenvalue weighted by molar-refractivity contribution is 5.99. The van der Waals surface area contributed by atoms with Gasteiger partial charge >= 0.3 is 0 Å². The molecule has 2 N–H and O–H groups in total. The number of anilines is 1. The summed E-state index contributed by atoms with van der Waals surface area (Å²) in [6.07, 6.45) is 2.13. The molecule has 0 fully saturated rings. The van der Waals surface area contributed by atoms with Crippen LogP contribution in [0, 0.1) is 6.92 Å². The minimum absolute atomic E-state index is 0.0295. The third-order valence-corrected chi connectivity index (χ3v) is 3.79. The number of carbonyl (C=O) groups excluding carboxylic acids is 2. The minimum atomic E-state index is -0.150. The predicted molar refractivity (Wildman–Crippen MR) is 92.6 cm³/mol. The van der Waals surface area contributed by atoms with Gasteiger partial charge in [-0.3, -0.25) is 9.59 Å². The van der Waals surface area contributed by atoms with Crippen molar-refractivity contribution >= 4 is 17.5 Å². The Kier molecular flexibility index (Phi) is 5.92. The molecule has 0 unspecified atom stereocenters. The number of benzene rings is 2. The monoisotopic (exact) mass is 310 g/mol. The summed E-state index contributed by atoms with van der Waals surface area (Å²) in [6, 6.07) is 15.5. The SMILES string of the molecule is CNC(=O)c1cccc(NC(=O)CCCc2ccccc2)c1C. The molecule has 0 aliphatic heterocycles. The number of aryl methyl sites for hydroxylation is 1. The van der Waals surface area contributed by atoms with Crippen molar-refractivity contribution in [3.05, 3.63) is 65.2 Å². The molecule has 0 aromatic heterocycles. The van der Waals surface area contributed by atoms with Crippen molar-refractivity contribution in [2.75, 3.05) is 12.4 Å². The average molecular weight is 310 g/mol. The molecule has 120 valence electrons. The Morgan fingerprint density at radius 3 is 2.43 bits per heavy atom. The molecule has 0 atom stereocenters. The number of amides is 2. The van der Waals surface area contributed by atoms with Crippen LogP contribution in [0.3, 0.4) is 0 Å². The highest BCUT2D eigenvalue weighted by Crippen LogP contribution is 2.19. The van der Waals surface area contributed by atoms with Gasteiger partial charge in [0.2, 0.25) is 5.91 Å². The number of hydrogen-bond acceptors (Lipinski definition) is 2. The topological polar surface area (TPSA) is 58.2 Å². The first-order valence-corrected chi connectivity index (χ1v) is 7.77. The van der Waals surface area contributed by atoms with Crippen molar-refractivity contribution in [2.45, 2.75) is 26.2 Å². The van der Waals surface area contributed by atoms with E-state index in [1.54, 1.807) is 19.2 Å². The summed E-state index contributed by atoms with van der Waals surface area (Å²) in [5.74, 6) is -0.180. The number of carbonyl (C=O) groups is 2. The second-order valence-electron chi connectivity index (χ2n) is 5.44. The smallest absolute Gasteiger partial charge is 0.251 e. The Hall–Kier alpha value is -2.62. The van der Waals surface area contributed by atoms with Gasteiger partial charge in [-0.15, -0.1) is 0 Å². The van der Waals surface area contributed by atoms with Crippen LogP contribution in [0.1, 0.15) is 34.3 Å². The summed E-state index contributed by atoms with van der Waals surface area (Å²) in [5.41, 5.74) is 3.28. The van der Waals surface area contributed by atoms with Crippen LogP contribution in [0.25, 0.3) is 0 Å². The van der Waals surface area contributed by atoms with Crippen molar-refractivity contribution in [3.8, 4) is 0 Å². The zero-order chi connectivity index (χ0) is 16.7. The van der Waals surface area contributed by atoms with E-state index in [9.17, 15) is 9.59 Å². The molecule has 0 heterocycles. The van der Waals surface area contributed by atoms with Gasteiger partial charge in [-0.2, -0.15) is 0 Å². The van der Waals surface area contributed by atoms with Crippen molar-refractivity contribution in [2.24, 2.45) is 0 Å². The molecule has 4 heteroatoms. The van der Waals surface area contributed by atoms with Gasteiger partial charge in [0.25, 0.3) is 5.91 Å². The first kappa shape index (κ1) is 16.7. The fourth-order valence-electron chi connectivity index (χ4n) is 2.46. The Morgan fingerprint density at radius 1 is 1.00 bits per heavy atom. The van der Waals surface area contributed by atoms with Crippen LogP contribution in [0.4, 0.5) is 5.69 Å². The highest BCUT2D eigenvalue weighted by atomic mass is 16.2.